The number of aromatic nitrogens is 3. The number of carbonyl (C=O) groups is 1. The smallest absolute Gasteiger partial charge is 0.277 e. The van der Waals surface area contributed by atoms with Crippen molar-refractivity contribution in [2.75, 3.05) is 18.8 Å². The van der Waals surface area contributed by atoms with Crippen molar-refractivity contribution in [1.29, 1.82) is 0 Å². The molecule has 1 aliphatic rings. The van der Waals surface area contributed by atoms with Gasteiger partial charge in [-0.05, 0) is 36.4 Å². The minimum atomic E-state index is 0.108. The number of nitrogens with zero attached hydrogens (tertiary/aromatic N) is 4. The average Bonchev–Trinajstić information content (AvgIpc) is 3.52. The van der Waals surface area contributed by atoms with Gasteiger partial charge in [0.2, 0.25) is 5.91 Å². The van der Waals surface area contributed by atoms with Gasteiger partial charge in [0.1, 0.15) is 0 Å². The van der Waals surface area contributed by atoms with Gasteiger partial charge in [0, 0.05) is 19.0 Å². The number of thioether (sulfide) groups is 1. The van der Waals surface area contributed by atoms with Gasteiger partial charge in [-0.3, -0.25) is 4.79 Å². The number of thiazole rings is 1. The number of hydrogen-bond acceptors (Lipinski definition) is 8. The fourth-order valence-corrected chi connectivity index (χ4v) is 5.86. The van der Waals surface area contributed by atoms with E-state index in [0.29, 0.717) is 22.8 Å². The Labute approximate surface area is 180 Å². The first-order valence-corrected chi connectivity index (χ1v) is 12.1. The minimum absolute atomic E-state index is 0.108. The second-order valence-electron chi connectivity index (χ2n) is 6.84. The van der Waals surface area contributed by atoms with Gasteiger partial charge in [-0.25, -0.2) is 4.98 Å². The highest BCUT2D eigenvalue weighted by molar-refractivity contribution is 7.99. The van der Waals surface area contributed by atoms with Crippen molar-refractivity contribution in [3.05, 3.63) is 46.8 Å². The fraction of sp³-hybridized carbons (Fsp3) is 0.300. The predicted molar refractivity (Wildman–Crippen MR) is 117 cm³/mol. The summed E-state index contributed by atoms with van der Waals surface area (Å²) in [6, 6.07) is 12.1. The van der Waals surface area contributed by atoms with Crippen LogP contribution in [0.2, 0.25) is 0 Å². The maximum absolute atomic E-state index is 12.8. The number of rotatable bonds is 5. The Kier molecular flexibility index (Phi) is 5.34. The van der Waals surface area contributed by atoms with Gasteiger partial charge in [0.25, 0.3) is 11.1 Å². The van der Waals surface area contributed by atoms with Gasteiger partial charge in [0.05, 0.1) is 25.9 Å². The highest BCUT2D eigenvalue weighted by Crippen LogP contribution is 2.33. The van der Waals surface area contributed by atoms with E-state index in [1.165, 1.54) is 16.5 Å². The third-order valence-electron chi connectivity index (χ3n) is 4.89. The van der Waals surface area contributed by atoms with Crippen molar-refractivity contribution in [3.63, 3.8) is 0 Å². The third kappa shape index (κ3) is 4.08. The van der Waals surface area contributed by atoms with Crippen LogP contribution in [0.5, 0.6) is 0 Å². The second-order valence-corrected chi connectivity index (χ2v) is 9.77. The maximum Gasteiger partial charge on any atom is 0.277 e. The molecule has 0 bridgehead atoms. The molecule has 0 saturated carbocycles. The Hall–Kier alpha value is -2.23. The molecule has 1 saturated heterocycles. The van der Waals surface area contributed by atoms with Crippen LogP contribution in [0, 0.1) is 0 Å². The summed E-state index contributed by atoms with van der Waals surface area (Å²) < 4.78 is 6.87. The number of fused-ring (bicyclic) bond motifs is 1. The lowest BCUT2D eigenvalue weighted by atomic mass is 9.99. The molecule has 0 spiro atoms. The SMILES string of the molecule is O=C(CSc1nnc(-c2cccs2)o1)N1CCC[C@@H](c2nc3ccccc3s2)C1. The minimum Gasteiger partial charge on any atom is -0.410 e. The molecule has 0 radical (unpaired) electrons. The lowest BCUT2D eigenvalue weighted by Gasteiger charge is -2.31. The number of carbonyl (C=O) groups excluding carboxylic acids is 1. The Morgan fingerprint density at radius 2 is 2.17 bits per heavy atom. The summed E-state index contributed by atoms with van der Waals surface area (Å²) in [6.07, 6.45) is 2.07. The zero-order chi connectivity index (χ0) is 19.6. The monoisotopic (exact) mass is 442 g/mol. The van der Waals surface area contributed by atoms with Crippen LogP contribution in [0.15, 0.2) is 51.4 Å². The predicted octanol–water partition coefficient (Wildman–Crippen LogP) is 4.91. The first kappa shape index (κ1) is 18.8. The van der Waals surface area contributed by atoms with E-state index in [4.69, 9.17) is 9.40 Å². The normalized spacial score (nSPS) is 17.1. The van der Waals surface area contributed by atoms with Gasteiger partial charge in [-0.15, -0.1) is 32.9 Å². The number of piperidine rings is 1. The zero-order valence-electron chi connectivity index (χ0n) is 15.5. The molecule has 148 valence electrons. The Morgan fingerprint density at radius 1 is 1.24 bits per heavy atom. The fourth-order valence-electron chi connectivity index (χ4n) is 3.45. The lowest BCUT2D eigenvalue weighted by Crippen LogP contribution is -2.40. The van der Waals surface area contributed by atoms with Crippen molar-refractivity contribution < 1.29 is 9.21 Å². The van der Waals surface area contributed by atoms with E-state index in [0.717, 1.165) is 41.3 Å². The van der Waals surface area contributed by atoms with Crippen LogP contribution in [0.1, 0.15) is 23.8 Å². The van der Waals surface area contributed by atoms with Gasteiger partial charge in [-0.1, -0.05) is 30.0 Å². The highest BCUT2D eigenvalue weighted by Gasteiger charge is 2.27. The largest absolute Gasteiger partial charge is 0.410 e. The second kappa shape index (κ2) is 8.25. The molecule has 1 atom stereocenters. The Morgan fingerprint density at radius 3 is 3.03 bits per heavy atom. The molecule has 29 heavy (non-hydrogen) atoms. The molecule has 0 aliphatic carbocycles. The van der Waals surface area contributed by atoms with E-state index in [1.807, 2.05) is 40.6 Å². The van der Waals surface area contributed by atoms with E-state index < -0.39 is 0 Å². The molecule has 4 aromatic rings. The van der Waals surface area contributed by atoms with Crippen LogP contribution in [0.4, 0.5) is 0 Å². The number of thiophene rings is 1. The first-order chi connectivity index (χ1) is 14.3. The molecule has 4 heterocycles. The zero-order valence-corrected chi connectivity index (χ0v) is 17.9. The average molecular weight is 443 g/mol. The van der Waals surface area contributed by atoms with Gasteiger partial charge in [-0.2, -0.15) is 0 Å². The van der Waals surface area contributed by atoms with Gasteiger partial charge < -0.3 is 9.32 Å². The standard InChI is InChI=1S/C20H18N4O2S3/c25-17(12-28-20-23-22-18(26-20)16-8-4-10-27-16)24-9-3-5-13(11-24)19-21-14-6-1-2-7-15(14)29-19/h1-2,4,6-8,10,13H,3,5,9,11-12H2/t13-/m1/s1. The third-order valence-corrected chi connectivity index (χ3v) is 7.75. The Balaban J connectivity index is 1.21. The maximum atomic E-state index is 12.8. The van der Waals surface area contributed by atoms with E-state index >= 15 is 0 Å². The molecule has 1 fully saturated rings. The lowest BCUT2D eigenvalue weighted by molar-refractivity contribution is -0.129. The topological polar surface area (TPSA) is 72.1 Å². The number of hydrogen-bond donors (Lipinski definition) is 0. The van der Waals surface area contributed by atoms with E-state index in [-0.39, 0.29) is 5.91 Å². The van der Waals surface area contributed by atoms with Crippen LogP contribution in [-0.4, -0.2) is 44.8 Å². The molecule has 0 unspecified atom stereocenters. The molecule has 6 nitrogen and oxygen atoms in total. The summed E-state index contributed by atoms with van der Waals surface area (Å²) in [5.41, 5.74) is 1.05. The number of benzene rings is 1. The number of para-hydroxylation sites is 1. The van der Waals surface area contributed by atoms with E-state index in [2.05, 4.69) is 16.3 Å². The van der Waals surface area contributed by atoms with E-state index in [9.17, 15) is 4.79 Å². The van der Waals surface area contributed by atoms with Crippen molar-refractivity contribution >= 4 is 50.6 Å². The molecular weight excluding hydrogens is 424 g/mol. The molecule has 1 amide bonds. The van der Waals surface area contributed by atoms with Crippen LogP contribution in [0.3, 0.4) is 0 Å². The number of amides is 1. The summed E-state index contributed by atoms with van der Waals surface area (Å²) in [4.78, 5) is 20.4. The first-order valence-electron chi connectivity index (χ1n) is 9.40. The quantitative estimate of drug-likeness (QED) is 0.409. The van der Waals surface area contributed by atoms with Gasteiger partial charge in [0.15, 0.2) is 0 Å². The van der Waals surface area contributed by atoms with Crippen LogP contribution < -0.4 is 0 Å². The van der Waals surface area contributed by atoms with E-state index in [1.54, 1.807) is 22.7 Å². The molecule has 9 heteroatoms. The molecule has 0 N–H and O–H groups in total. The van der Waals surface area contributed by atoms with Crippen LogP contribution >= 0.6 is 34.4 Å². The van der Waals surface area contributed by atoms with Crippen molar-refractivity contribution in [2.45, 2.75) is 24.0 Å². The number of likely N-dealkylation sites (tertiary alicyclic amines) is 1. The molecule has 3 aromatic heterocycles. The summed E-state index contributed by atoms with van der Waals surface area (Å²) in [6.45, 7) is 1.52. The summed E-state index contributed by atoms with van der Waals surface area (Å²) >= 11 is 4.59. The Bertz CT molecular complexity index is 1090. The molecule has 1 aromatic carbocycles. The summed E-state index contributed by atoms with van der Waals surface area (Å²) in [5.74, 6) is 1.22. The van der Waals surface area contributed by atoms with Crippen molar-refractivity contribution in [1.82, 2.24) is 20.1 Å². The molecular formula is C20H18N4O2S3. The highest BCUT2D eigenvalue weighted by atomic mass is 32.2. The van der Waals surface area contributed by atoms with Crippen LogP contribution in [0.25, 0.3) is 21.0 Å². The van der Waals surface area contributed by atoms with Gasteiger partial charge >= 0.3 is 0 Å². The van der Waals surface area contributed by atoms with Crippen molar-refractivity contribution in [2.24, 2.45) is 0 Å². The summed E-state index contributed by atoms with van der Waals surface area (Å²) in [5, 5.41) is 11.6. The molecule has 5 rings (SSSR count). The van der Waals surface area contributed by atoms with Crippen LogP contribution in [-0.2, 0) is 4.79 Å². The summed E-state index contributed by atoms with van der Waals surface area (Å²) in [7, 11) is 0. The molecule has 1 aliphatic heterocycles. The van der Waals surface area contributed by atoms with Crippen molar-refractivity contribution in [3.8, 4) is 10.8 Å².